The number of benzene rings is 2. The molecule has 29 heavy (non-hydrogen) atoms. The van der Waals surface area contributed by atoms with Crippen molar-refractivity contribution in [2.75, 3.05) is 7.11 Å². The van der Waals surface area contributed by atoms with E-state index >= 15 is 0 Å². The van der Waals surface area contributed by atoms with Gasteiger partial charge < -0.3 is 15.4 Å². The molecular weight excluding hydrogens is 375 g/mol. The van der Waals surface area contributed by atoms with Gasteiger partial charge in [-0.1, -0.05) is 42.0 Å². The zero-order valence-corrected chi connectivity index (χ0v) is 16.7. The van der Waals surface area contributed by atoms with Crippen molar-refractivity contribution >= 4 is 17.8 Å². The molecule has 0 aliphatic carbocycles. The molecule has 2 aromatic carbocycles. The van der Waals surface area contributed by atoms with Gasteiger partial charge in [-0.15, -0.1) is 0 Å². The van der Waals surface area contributed by atoms with Crippen LogP contribution in [0.4, 0.5) is 4.39 Å². The molecule has 154 valence electrons. The van der Waals surface area contributed by atoms with Crippen molar-refractivity contribution in [1.82, 2.24) is 10.6 Å². The summed E-state index contributed by atoms with van der Waals surface area (Å²) in [5, 5.41) is 5.25. The summed E-state index contributed by atoms with van der Waals surface area (Å²) in [7, 11) is 1.25. The SMILES string of the molecule is COC(=O)[C@@H](Cc1cccc(C)c1)NC(=O)[C@H](Cc1ccc(F)cc1)NC(C)=O. The normalized spacial score (nSPS) is 12.6. The van der Waals surface area contributed by atoms with E-state index in [-0.39, 0.29) is 18.7 Å². The minimum absolute atomic E-state index is 0.157. The lowest BCUT2D eigenvalue weighted by Crippen LogP contribution is -2.53. The van der Waals surface area contributed by atoms with Crippen LogP contribution < -0.4 is 10.6 Å². The number of methoxy groups -OCH3 is 1. The van der Waals surface area contributed by atoms with E-state index in [2.05, 4.69) is 10.6 Å². The number of hydrogen-bond donors (Lipinski definition) is 2. The first kappa shape index (κ1) is 22.1. The molecule has 2 N–H and O–H groups in total. The summed E-state index contributed by atoms with van der Waals surface area (Å²) in [5.74, 6) is -1.88. The minimum Gasteiger partial charge on any atom is -0.467 e. The minimum atomic E-state index is -0.914. The van der Waals surface area contributed by atoms with E-state index in [1.165, 1.54) is 26.2 Å². The van der Waals surface area contributed by atoms with Crippen LogP contribution in [0.3, 0.4) is 0 Å². The van der Waals surface area contributed by atoms with Crippen LogP contribution in [0.1, 0.15) is 23.6 Å². The third kappa shape index (κ3) is 7.03. The van der Waals surface area contributed by atoms with Crippen LogP contribution in [0.2, 0.25) is 0 Å². The Labute approximate surface area is 169 Å². The van der Waals surface area contributed by atoms with Crippen LogP contribution in [0.15, 0.2) is 48.5 Å². The van der Waals surface area contributed by atoms with Crippen LogP contribution in [0.25, 0.3) is 0 Å². The van der Waals surface area contributed by atoms with E-state index < -0.39 is 29.8 Å². The Bertz CT molecular complexity index is 867. The maximum absolute atomic E-state index is 13.1. The third-order valence-corrected chi connectivity index (χ3v) is 4.37. The first-order valence-corrected chi connectivity index (χ1v) is 9.23. The summed E-state index contributed by atoms with van der Waals surface area (Å²) in [6, 6.07) is 11.4. The summed E-state index contributed by atoms with van der Waals surface area (Å²) in [5.41, 5.74) is 2.58. The zero-order valence-electron chi connectivity index (χ0n) is 16.7. The lowest BCUT2D eigenvalue weighted by Gasteiger charge is -2.22. The molecule has 0 heterocycles. The van der Waals surface area contributed by atoms with Gasteiger partial charge in [-0.2, -0.15) is 0 Å². The molecular formula is C22H25FN2O4. The standard InChI is InChI=1S/C22H25FN2O4/c1-14-5-4-6-17(11-14)13-20(22(28)29-3)25-21(27)19(24-15(2)26)12-16-7-9-18(23)10-8-16/h4-11,19-20H,12-13H2,1-3H3,(H,24,26)(H,25,27)/t19-,20+/m0/s1. The van der Waals surface area contributed by atoms with E-state index in [1.54, 1.807) is 12.1 Å². The highest BCUT2D eigenvalue weighted by molar-refractivity contribution is 5.90. The van der Waals surface area contributed by atoms with Gasteiger partial charge in [0.1, 0.15) is 17.9 Å². The number of esters is 1. The molecule has 0 radical (unpaired) electrons. The molecule has 0 spiro atoms. The molecule has 6 nitrogen and oxygen atoms in total. The average molecular weight is 400 g/mol. The quantitative estimate of drug-likeness (QED) is 0.665. The fourth-order valence-corrected chi connectivity index (χ4v) is 2.99. The molecule has 0 aliphatic rings. The molecule has 7 heteroatoms. The van der Waals surface area contributed by atoms with Gasteiger partial charge in [-0.3, -0.25) is 9.59 Å². The second kappa shape index (κ2) is 10.4. The fourth-order valence-electron chi connectivity index (χ4n) is 2.99. The molecule has 0 unspecified atom stereocenters. The number of halogens is 1. The van der Waals surface area contributed by atoms with Crippen LogP contribution >= 0.6 is 0 Å². The number of hydrogen-bond acceptors (Lipinski definition) is 4. The second-order valence-electron chi connectivity index (χ2n) is 6.86. The number of ether oxygens (including phenoxy) is 1. The Morgan fingerprint density at radius 1 is 0.966 bits per heavy atom. The molecule has 2 rings (SSSR count). The van der Waals surface area contributed by atoms with Gasteiger partial charge in [-0.05, 0) is 30.2 Å². The first-order chi connectivity index (χ1) is 13.8. The number of rotatable bonds is 8. The summed E-state index contributed by atoms with van der Waals surface area (Å²) >= 11 is 0. The Morgan fingerprint density at radius 2 is 1.62 bits per heavy atom. The summed E-state index contributed by atoms with van der Waals surface area (Å²) in [4.78, 5) is 36.6. The molecule has 2 amide bonds. The molecule has 0 aromatic heterocycles. The van der Waals surface area contributed by atoms with Gasteiger partial charge in [0.2, 0.25) is 11.8 Å². The monoisotopic (exact) mass is 400 g/mol. The number of aryl methyl sites for hydroxylation is 1. The van der Waals surface area contributed by atoms with Crippen LogP contribution in [0, 0.1) is 12.7 Å². The van der Waals surface area contributed by atoms with E-state index in [4.69, 9.17) is 4.74 Å². The van der Waals surface area contributed by atoms with E-state index in [9.17, 15) is 18.8 Å². The lowest BCUT2D eigenvalue weighted by molar-refractivity contribution is -0.145. The fraction of sp³-hybridized carbons (Fsp3) is 0.318. The summed E-state index contributed by atoms with van der Waals surface area (Å²) in [6.45, 7) is 3.24. The molecule has 2 atom stereocenters. The van der Waals surface area contributed by atoms with Crippen LogP contribution in [-0.4, -0.2) is 37.0 Å². The topological polar surface area (TPSA) is 84.5 Å². The highest BCUT2D eigenvalue weighted by atomic mass is 19.1. The van der Waals surface area contributed by atoms with Gasteiger partial charge >= 0.3 is 5.97 Å². The van der Waals surface area contributed by atoms with E-state index in [0.29, 0.717) is 5.56 Å². The predicted molar refractivity (Wildman–Crippen MR) is 107 cm³/mol. The average Bonchev–Trinajstić information content (AvgIpc) is 2.67. The Balaban J connectivity index is 2.16. The zero-order chi connectivity index (χ0) is 21.4. The van der Waals surface area contributed by atoms with Gasteiger partial charge in [0.25, 0.3) is 0 Å². The predicted octanol–water partition coefficient (Wildman–Crippen LogP) is 2.08. The Morgan fingerprint density at radius 3 is 2.21 bits per heavy atom. The van der Waals surface area contributed by atoms with Gasteiger partial charge in [0.05, 0.1) is 7.11 Å². The Kier molecular flexibility index (Phi) is 7.88. The number of amides is 2. The van der Waals surface area contributed by atoms with Crippen molar-refractivity contribution in [2.24, 2.45) is 0 Å². The highest BCUT2D eigenvalue weighted by Gasteiger charge is 2.27. The highest BCUT2D eigenvalue weighted by Crippen LogP contribution is 2.10. The molecule has 0 aliphatic heterocycles. The molecule has 0 saturated heterocycles. The number of carbonyl (C=O) groups excluding carboxylic acids is 3. The van der Waals surface area contributed by atoms with Crippen molar-refractivity contribution in [3.63, 3.8) is 0 Å². The summed E-state index contributed by atoms with van der Waals surface area (Å²) < 4.78 is 18.0. The smallest absolute Gasteiger partial charge is 0.328 e. The Hall–Kier alpha value is -3.22. The maximum atomic E-state index is 13.1. The molecule has 0 saturated carbocycles. The van der Waals surface area contributed by atoms with E-state index in [0.717, 1.165) is 11.1 Å². The molecule has 2 aromatic rings. The first-order valence-electron chi connectivity index (χ1n) is 9.23. The number of carbonyl (C=O) groups is 3. The van der Waals surface area contributed by atoms with Crippen molar-refractivity contribution in [2.45, 2.75) is 38.8 Å². The van der Waals surface area contributed by atoms with Gasteiger partial charge in [0, 0.05) is 19.8 Å². The lowest BCUT2D eigenvalue weighted by atomic mass is 10.0. The second-order valence-corrected chi connectivity index (χ2v) is 6.86. The van der Waals surface area contributed by atoms with Gasteiger partial charge in [-0.25, -0.2) is 9.18 Å². The number of nitrogens with one attached hydrogen (secondary N) is 2. The van der Waals surface area contributed by atoms with E-state index in [1.807, 2.05) is 31.2 Å². The molecule has 0 bridgehead atoms. The van der Waals surface area contributed by atoms with Crippen molar-refractivity contribution in [3.05, 3.63) is 71.0 Å². The third-order valence-electron chi connectivity index (χ3n) is 4.37. The maximum Gasteiger partial charge on any atom is 0.328 e. The molecule has 0 fully saturated rings. The van der Waals surface area contributed by atoms with Crippen molar-refractivity contribution in [1.29, 1.82) is 0 Å². The van der Waals surface area contributed by atoms with Crippen LogP contribution in [0.5, 0.6) is 0 Å². The largest absolute Gasteiger partial charge is 0.467 e. The summed E-state index contributed by atoms with van der Waals surface area (Å²) in [6.07, 6.45) is 0.410. The van der Waals surface area contributed by atoms with Gasteiger partial charge in [0.15, 0.2) is 0 Å². The van der Waals surface area contributed by atoms with Crippen LogP contribution in [-0.2, 0) is 32.0 Å². The van der Waals surface area contributed by atoms with Crippen molar-refractivity contribution in [3.8, 4) is 0 Å². The van der Waals surface area contributed by atoms with Crippen molar-refractivity contribution < 1.29 is 23.5 Å².